The summed E-state index contributed by atoms with van der Waals surface area (Å²) in [4.78, 5) is 10.7. The first kappa shape index (κ1) is 15.6. The van der Waals surface area contributed by atoms with Crippen LogP contribution in [-0.4, -0.2) is 37.3 Å². The number of sulfone groups is 1. The van der Waals surface area contributed by atoms with E-state index in [9.17, 15) is 13.2 Å². The highest BCUT2D eigenvalue weighted by Crippen LogP contribution is 2.30. The van der Waals surface area contributed by atoms with Crippen molar-refractivity contribution in [1.29, 1.82) is 0 Å². The summed E-state index contributed by atoms with van der Waals surface area (Å²) in [6, 6.07) is 2.30. The Kier molecular flexibility index (Phi) is 5.33. The van der Waals surface area contributed by atoms with E-state index >= 15 is 0 Å². The smallest absolute Gasteiger partial charge is 0.337 e. The average Bonchev–Trinajstić information content (AvgIpc) is 2.28. The molecule has 1 aromatic rings. The number of halogens is 2. The second-order valence-corrected chi connectivity index (χ2v) is 7.26. The van der Waals surface area contributed by atoms with Crippen LogP contribution in [0.15, 0.2) is 17.0 Å². The first-order chi connectivity index (χ1) is 8.29. The molecule has 8 heteroatoms. The van der Waals surface area contributed by atoms with Gasteiger partial charge in [-0.25, -0.2) is 13.2 Å². The van der Waals surface area contributed by atoms with Crippen LogP contribution in [0.3, 0.4) is 0 Å². The monoisotopic (exact) mass is 328 g/mol. The molecule has 4 nitrogen and oxygen atoms in total. The summed E-state index contributed by atoms with van der Waals surface area (Å²) in [5.74, 6) is -1.04. The predicted molar refractivity (Wildman–Crippen MR) is 73.9 cm³/mol. The summed E-state index contributed by atoms with van der Waals surface area (Å²) in [6.07, 6.45) is 1.78. The highest BCUT2D eigenvalue weighted by atomic mass is 35.5. The Bertz CT molecular complexity index is 569. The average molecular weight is 329 g/mol. The molecule has 0 aliphatic heterocycles. The van der Waals surface area contributed by atoms with Gasteiger partial charge in [0.2, 0.25) is 0 Å². The molecule has 0 amide bonds. The normalized spacial score (nSPS) is 11.5. The number of aromatic carboxylic acids is 1. The number of benzene rings is 1. The summed E-state index contributed by atoms with van der Waals surface area (Å²) in [6.45, 7) is 0. The summed E-state index contributed by atoms with van der Waals surface area (Å²) in [5, 5.41) is 8.64. The summed E-state index contributed by atoms with van der Waals surface area (Å²) in [5.41, 5.74) is -0.313. The quantitative estimate of drug-likeness (QED) is 0.899. The van der Waals surface area contributed by atoms with E-state index in [4.69, 9.17) is 28.3 Å². The van der Waals surface area contributed by atoms with Crippen molar-refractivity contribution in [2.75, 3.05) is 17.8 Å². The van der Waals surface area contributed by atoms with Gasteiger partial charge in [0, 0.05) is 10.8 Å². The van der Waals surface area contributed by atoms with Crippen LogP contribution in [0.25, 0.3) is 0 Å². The van der Waals surface area contributed by atoms with E-state index in [0.717, 1.165) is 6.07 Å². The summed E-state index contributed by atoms with van der Waals surface area (Å²) in [7, 11) is -3.63. The van der Waals surface area contributed by atoms with Crippen molar-refractivity contribution in [3.05, 3.63) is 27.7 Å². The lowest BCUT2D eigenvalue weighted by atomic mass is 10.2. The number of hydrogen-bond acceptors (Lipinski definition) is 4. The molecule has 100 valence electrons. The minimum atomic E-state index is -3.63. The van der Waals surface area contributed by atoms with Crippen LogP contribution in [-0.2, 0) is 9.84 Å². The van der Waals surface area contributed by atoms with Crippen LogP contribution < -0.4 is 0 Å². The SMILES string of the molecule is CSCCS(=O)(=O)c1cc(Cl)cc(C(=O)O)c1Cl. The van der Waals surface area contributed by atoms with E-state index < -0.39 is 15.8 Å². The Labute approximate surface area is 119 Å². The Morgan fingerprint density at radius 1 is 1.39 bits per heavy atom. The van der Waals surface area contributed by atoms with Gasteiger partial charge in [-0.1, -0.05) is 23.2 Å². The van der Waals surface area contributed by atoms with E-state index in [0.29, 0.717) is 5.75 Å². The molecular weight excluding hydrogens is 319 g/mol. The van der Waals surface area contributed by atoms with Gasteiger partial charge in [-0.2, -0.15) is 11.8 Å². The molecule has 0 unspecified atom stereocenters. The second kappa shape index (κ2) is 6.14. The van der Waals surface area contributed by atoms with E-state index in [1.165, 1.54) is 17.8 Å². The Morgan fingerprint density at radius 2 is 2.00 bits per heavy atom. The molecule has 1 N–H and O–H groups in total. The molecule has 0 radical (unpaired) electrons. The third kappa shape index (κ3) is 3.54. The summed E-state index contributed by atoms with van der Waals surface area (Å²) < 4.78 is 24.0. The lowest BCUT2D eigenvalue weighted by Gasteiger charge is -2.09. The Morgan fingerprint density at radius 3 is 2.50 bits per heavy atom. The van der Waals surface area contributed by atoms with Crippen LogP contribution in [0.4, 0.5) is 0 Å². The minimum absolute atomic E-state index is 0.0273. The number of carbonyl (C=O) groups is 1. The van der Waals surface area contributed by atoms with Gasteiger partial charge < -0.3 is 5.11 Å². The molecular formula is C10H10Cl2O4S2. The first-order valence-electron chi connectivity index (χ1n) is 4.73. The van der Waals surface area contributed by atoms with Crippen molar-refractivity contribution in [1.82, 2.24) is 0 Å². The van der Waals surface area contributed by atoms with Crippen LogP contribution in [0.2, 0.25) is 10.0 Å². The Balaban J connectivity index is 3.37. The van der Waals surface area contributed by atoms with Crippen LogP contribution in [0.5, 0.6) is 0 Å². The van der Waals surface area contributed by atoms with E-state index in [1.54, 1.807) is 6.26 Å². The fourth-order valence-electron chi connectivity index (χ4n) is 1.25. The fourth-order valence-corrected chi connectivity index (χ4v) is 4.53. The van der Waals surface area contributed by atoms with Gasteiger partial charge in [0.05, 0.1) is 21.2 Å². The van der Waals surface area contributed by atoms with Crippen molar-refractivity contribution in [2.45, 2.75) is 4.90 Å². The fraction of sp³-hybridized carbons (Fsp3) is 0.300. The van der Waals surface area contributed by atoms with E-state index in [-0.39, 0.29) is 26.3 Å². The maximum absolute atomic E-state index is 12.0. The molecule has 0 aromatic heterocycles. The molecule has 1 aromatic carbocycles. The van der Waals surface area contributed by atoms with Gasteiger partial charge in [-0.15, -0.1) is 0 Å². The highest BCUT2D eigenvalue weighted by molar-refractivity contribution is 8.00. The number of thioether (sulfide) groups is 1. The van der Waals surface area contributed by atoms with E-state index in [1.807, 2.05) is 0 Å². The molecule has 0 fully saturated rings. The van der Waals surface area contributed by atoms with Crippen molar-refractivity contribution >= 4 is 50.8 Å². The molecule has 0 saturated carbocycles. The van der Waals surface area contributed by atoms with Crippen molar-refractivity contribution in [3.63, 3.8) is 0 Å². The number of carboxylic acids is 1. The lowest BCUT2D eigenvalue weighted by molar-refractivity contribution is 0.0697. The third-order valence-corrected chi connectivity index (χ3v) is 5.47. The molecule has 0 spiro atoms. The number of rotatable bonds is 5. The lowest BCUT2D eigenvalue weighted by Crippen LogP contribution is -2.11. The van der Waals surface area contributed by atoms with Gasteiger partial charge in [0.25, 0.3) is 0 Å². The largest absolute Gasteiger partial charge is 0.478 e. The second-order valence-electron chi connectivity index (χ2n) is 3.38. The van der Waals surface area contributed by atoms with Crippen molar-refractivity contribution in [2.24, 2.45) is 0 Å². The maximum Gasteiger partial charge on any atom is 0.337 e. The van der Waals surface area contributed by atoms with Crippen molar-refractivity contribution < 1.29 is 18.3 Å². The molecule has 0 saturated heterocycles. The zero-order valence-electron chi connectivity index (χ0n) is 9.31. The molecule has 18 heavy (non-hydrogen) atoms. The predicted octanol–water partition coefficient (Wildman–Crippen LogP) is 2.83. The van der Waals surface area contributed by atoms with Gasteiger partial charge in [-0.05, 0) is 18.4 Å². The van der Waals surface area contributed by atoms with Gasteiger partial charge >= 0.3 is 5.97 Å². The minimum Gasteiger partial charge on any atom is -0.478 e. The number of hydrogen-bond donors (Lipinski definition) is 1. The molecule has 0 aliphatic rings. The highest BCUT2D eigenvalue weighted by Gasteiger charge is 2.23. The van der Waals surface area contributed by atoms with Gasteiger partial charge in [0.1, 0.15) is 0 Å². The van der Waals surface area contributed by atoms with Crippen LogP contribution in [0.1, 0.15) is 10.4 Å². The van der Waals surface area contributed by atoms with Gasteiger partial charge in [0.15, 0.2) is 9.84 Å². The molecule has 0 aliphatic carbocycles. The first-order valence-corrected chi connectivity index (χ1v) is 8.54. The number of carboxylic acid groups (broad SMARTS) is 1. The zero-order valence-corrected chi connectivity index (χ0v) is 12.5. The van der Waals surface area contributed by atoms with Crippen LogP contribution in [0, 0.1) is 0 Å². The van der Waals surface area contributed by atoms with Gasteiger partial charge in [-0.3, -0.25) is 0 Å². The molecule has 1 rings (SSSR count). The summed E-state index contributed by atoms with van der Waals surface area (Å²) >= 11 is 12.9. The Hall–Kier alpha value is -0.430. The maximum atomic E-state index is 12.0. The van der Waals surface area contributed by atoms with Crippen LogP contribution >= 0.6 is 35.0 Å². The standard InChI is InChI=1S/C10H10Cl2O4S2/c1-17-2-3-18(15,16)8-5-6(11)4-7(9(8)12)10(13)14/h4-5H,2-3H2,1H3,(H,13,14). The van der Waals surface area contributed by atoms with Crippen molar-refractivity contribution in [3.8, 4) is 0 Å². The zero-order chi connectivity index (χ0) is 13.9. The third-order valence-electron chi connectivity index (χ3n) is 2.13. The van der Waals surface area contributed by atoms with E-state index in [2.05, 4.69) is 0 Å². The molecule has 0 heterocycles. The molecule has 0 atom stereocenters. The topological polar surface area (TPSA) is 71.4 Å². The molecule has 0 bridgehead atoms.